The SMILES string of the molecule is Cc1cccc(-n2c(C)cc([C@H]3[C@@H](c4ccccn4)NC(=S)N3c3ccc(Cl)cc3)c2C)c1. The maximum absolute atomic E-state index is 6.18. The molecule has 1 aliphatic rings. The van der Waals surface area contributed by atoms with Crippen LogP contribution < -0.4 is 10.2 Å². The fourth-order valence-corrected chi connectivity index (χ4v) is 5.27. The van der Waals surface area contributed by atoms with Gasteiger partial charge in [-0.25, -0.2) is 0 Å². The minimum absolute atomic E-state index is 0.0571. The van der Waals surface area contributed by atoms with E-state index in [1.807, 2.05) is 42.6 Å². The minimum atomic E-state index is -0.0826. The van der Waals surface area contributed by atoms with Crippen molar-refractivity contribution in [2.24, 2.45) is 0 Å². The van der Waals surface area contributed by atoms with Crippen LogP contribution in [0.5, 0.6) is 0 Å². The summed E-state index contributed by atoms with van der Waals surface area (Å²) < 4.78 is 2.32. The number of nitrogens with one attached hydrogen (secondary N) is 1. The third-order valence-corrected chi connectivity index (χ3v) is 6.82. The second-order valence-electron chi connectivity index (χ2n) is 8.47. The van der Waals surface area contributed by atoms with Gasteiger partial charge in [0, 0.05) is 34.0 Å². The quantitative estimate of drug-likeness (QED) is 0.338. The molecule has 4 nitrogen and oxygen atoms in total. The lowest BCUT2D eigenvalue weighted by atomic mass is 9.96. The molecule has 6 heteroatoms. The molecule has 0 spiro atoms. The van der Waals surface area contributed by atoms with E-state index in [1.54, 1.807) is 0 Å². The smallest absolute Gasteiger partial charge is 0.174 e. The highest BCUT2D eigenvalue weighted by molar-refractivity contribution is 7.80. The van der Waals surface area contributed by atoms with Crippen LogP contribution in [-0.2, 0) is 0 Å². The molecule has 1 aliphatic heterocycles. The Morgan fingerprint density at radius 1 is 0.909 bits per heavy atom. The molecule has 0 unspecified atom stereocenters. The number of pyridine rings is 1. The first-order valence-corrected chi connectivity index (χ1v) is 11.7. The van der Waals surface area contributed by atoms with Crippen molar-refractivity contribution in [2.75, 3.05) is 4.90 Å². The maximum Gasteiger partial charge on any atom is 0.174 e. The van der Waals surface area contributed by atoms with E-state index in [0.29, 0.717) is 10.1 Å². The van der Waals surface area contributed by atoms with Crippen LogP contribution >= 0.6 is 23.8 Å². The second-order valence-corrected chi connectivity index (χ2v) is 9.30. The summed E-state index contributed by atoms with van der Waals surface area (Å²) in [7, 11) is 0. The minimum Gasteiger partial charge on any atom is -0.351 e. The van der Waals surface area contributed by atoms with E-state index in [4.69, 9.17) is 23.8 Å². The van der Waals surface area contributed by atoms with Gasteiger partial charge in [0.1, 0.15) is 0 Å². The first kappa shape index (κ1) is 21.7. The Balaban J connectivity index is 1.68. The summed E-state index contributed by atoms with van der Waals surface area (Å²) in [4.78, 5) is 6.85. The fraction of sp³-hybridized carbons (Fsp3) is 0.185. The van der Waals surface area contributed by atoms with Crippen LogP contribution in [-0.4, -0.2) is 14.7 Å². The van der Waals surface area contributed by atoms with E-state index in [0.717, 1.165) is 17.1 Å². The summed E-state index contributed by atoms with van der Waals surface area (Å²) in [6.45, 7) is 6.46. The summed E-state index contributed by atoms with van der Waals surface area (Å²) in [6, 6.07) is 24.6. The monoisotopic (exact) mass is 472 g/mol. The average Bonchev–Trinajstić information content (AvgIpc) is 3.30. The largest absolute Gasteiger partial charge is 0.351 e. The molecule has 33 heavy (non-hydrogen) atoms. The molecular weight excluding hydrogens is 448 g/mol. The van der Waals surface area contributed by atoms with Gasteiger partial charge in [-0.05, 0) is 98.7 Å². The maximum atomic E-state index is 6.18. The van der Waals surface area contributed by atoms with Crippen molar-refractivity contribution >= 4 is 34.6 Å². The second kappa shape index (κ2) is 8.65. The molecule has 0 saturated carbocycles. The van der Waals surface area contributed by atoms with Gasteiger partial charge in [-0.2, -0.15) is 0 Å². The zero-order valence-corrected chi connectivity index (χ0v) is 20.4. The van der Waals surface area contributed by atoms with Crippen molar-refractivity contribution in [3.63, 3.8) is 0 Å². The van der Waals surface area contributed by atoms with E-state index >= 15 is 0 Å². The van der Waals surface area contributed by atoms with E-state index in [9.17, 15) is 0 Å². The summed E-state index contributed by atoms with van der Waals surface area (Å²) in [5.74, 6) is 0. The number of aryl methyl sites for hydroxylation is 2. The molecule has 2 aromatic heterocycles. The molecule has 2 aromatic carbocycles. The number of hydrogen-bond donors (Lipinski definition) is 1. The Morgan fingerprint density at radius 2 is 1.70 bits per heavy atom. The van der Waals surface area contributed by atoms with Crippen molar-refractivity contribution in [3.8, 4) is 5.69 Å². The third-order valence-electron chi connectivity index (χ3n) is 6.25. The number of rotatable bonds is 4. The van der Waals surface area contributed by atoms with Crippen LogP contribution in [0.15, 0.2) is 79.0 Å². The zero-order chi connectivity index (χ0) is 23.1. The Morgan fingerprint density at radius 3 is 2.39 bits per heavy atom. The van der Waals surface area contributed by atoms with E-state index < -0.39 is 0 Å². The average molecular weight is 473 g/mol. The molecule has 0 bridgehead atoms. The van der Waals surface area contributed by atoms with Gasteiger partial charge in [0.15, 0.2) is 5.11 Å². The van der Waals surface area contributed by atoms with Crippen molar-refractivity contribution in [2.45, 2.75) is 32.9 Å². The number of anilines is 1. The molecule has 3 heterocycles. The molecule has 1 saturated heterocycles. The van der Waals surface area contributed by atoms with Gasteiger partial charge in [0.05, 0.1) is 17.8 Å². The molecule has 0 aliphatic carbocycles. The van der Waals surface area contributed by atoms with E-state index in [1.165, 1.54) is 22.5 Å². The molecule has 0 amide bonds. The van der Waals surface area contributed by atoms with Gasteiger partial charge in [-0.3, -0.25) is 4.98 Å². The van der Waals surface area contributed by atoms with Gasteiger partial charge >= 0.3 is 0 Å². The van der Waals surface area contributed by atoms with E-state index in [2.05, 4.69) is 76.9 Å². The van der Waals surface area contributed by atoms with Crippen LogP contribution in [0, 0.1) is 20.8 Å². The molecule has 0 radical (unpaired) electrons. The summed E-state index contributed by atoms with van der Waals surface area (Å²) in [5, 5.41) is 4.92. The predicted molar refractivity (Wildman–Crippen MR) is 139 cm³/mol. The third kappa shape index (κ3) is 3.92. The Labute approximate surface area is 204 Å². The lowest BCUT2D eigenvalue weighted by molar-refractivity contribution is 0.565. The number of hydrogen-bond acceptors (Lipinski definition) is 2. The Bertz CT molecular complexity index is 1310. The van der Waals surface area contributed by atoms with Crippen molar-refractivity contribution in [3.05, 3.63) is 112 Å². The first-order valence-electron chi connectivity index (χ1n) is 11.0. The molecule has 2 atom stereocenters. The van der Waals surface area contributed by atoms with E-state index in [-0.39, 0.29) is 12.1 Å². The molecule has 166 valence electrons. The van der Waals surface area contributed by atoms with Crippen LogP contribution in [0.3, 0.4) is 0 Å². The van der Waals surface area contributed by atoms with Crippen molar-refractivity contribution < 1.29 is 0 Å². The number of benzene rings is 2. The summed E-state index contributed by atoms with van der Waals surface area (Å²) in [5.41, 5.74) is 7.95. The van der Waals surface area contributed by atoms with Crippen molar-refractivity contribution in [1.29, 1.82) is 0 Å². The topological polar surface area (TPSA) is 33.1 Å². The zero-order valence-electron chi connectivity index (χ0n) is 18.8. The summed E-state index contributed by atoms with van der Waals surface area (Å²) in [6.07, 6.45) is 1.83. The van der Waals surface area contributed by atoms with Gasteiger partial charge in [-0.15, -0.1) is 0 Å². The molecular formula is C27H25ClN4S. The van der Waals surface area contributed by atoms with Gasteiger partial charge < -0.3 is 14.8 Å². The number of thiocarbonyl (C=S) groups is 1. The van der Waals surface area contributed by atoms with Crippen molar-refractivity contribution in [1.82, 2.24) is 14.9 Å². The van der Waals surface area contributed by atoms with Gasteiger partial charge in [-0.1, -0.05) is 29.8 Å². The van der Waals surface area contributed by atoms with Gasteiger partial charge in [0.2, 0.25) is 0 Å². The van der Waals surface area contributed by atoms with Crippen LogP contribution in [0.25, 0.3) is 5.69 Å². The Kier molecular flexibility index (Phi) is 5.69. The number of aromatic nitrogens is 2. The van der Waals surface area contributed by atoms with Crippen LogP contribution in [0.2, 0.25) is 5.02 Å². The Hall–Kier alpha value is -3.15. The van der Waals surface area contributed by atoms with Crippen LogP contribution in [0.4, 0.5) is 5.69 Å². The highest BCUT2D eigenvalue weighted by Crippen LogP contribution is 2.43. The highest BCUT2D eigenvalue weighted by atomic mass is 35.5. The lowest BCUT2D eigenvalue weighted by Crippen LogP contribution is -2.29. The standard InChI is InChI=1S/C27H25ClN4S/c1-17-7-6-8-22(15-17)31-18(2)16-23(19(31)3)26-25(24-9-4-5-14-29-24)30-27(33)32(26)21-12-10-20(28)11-13-21/h4-16,25-26H,1-3H3,(H,30,33)/t25-,26+/m1/s1. The first-order chi connectivity index (χ1) is 15.9. The fourth-order valence-electron chi connectivity index (χ4n) is 4.80. The molecule has 5 rings (SSSR count). The number of halogens is 1. The molecule has 1 fully saturated rings. The predicted octanol–water partition coefficient (Wildman–Crippen LogP) is 6.63. The highest BCUT2D eigenvalue weighted by Gasteiger charge is 2.42. The van der Waals surface area contributed by atoms with Gasteiger partial charge in [0.25, 0.3) is 0 Å². The lowest BCUT2D eigenvalue weighted by Gasteiger charge is -2.28. The van der Waals surface area contributed by atoms with Crippen LogP contribution in [0.1, 0.15) is 40.3 Å². The normalized spacial score (nSPS) is 17.9. The number of nitrogens with zero attached hydrogens (tertiary/aromatic N) is 3. The molecule has 4 aromatic rings. The molecule has 1 N–H and O–H groups in total. The summed E-state index contributed by atoms with van der Waals surface area (Å²) >= 11 is 12.0.